The molecule has 3 nitrogen and oxygen atoms in total. The minimum atomic E-state index is 0.119. The smallest absolute Gasteiger partial charge is 0.0655 e. The fourth-order valence-corrected chi connectivity index (χ4v) is 1.43. The van der Waals surface area contributed by atoms with E-state index in [1.54, 1.807) is 6.20 Å². The van der Waals surface area contributed by atoms with Gasteiger partial charge in [-0.2, -0.15) is 0 Å². The van der Waals surface area contributed by atoms with E-state index in [0.717, 1.165) is 10.2 Å². The van der Waals surface area contributed by atoms with Gasteiger partial charge in [0, 0.05) is 10.7 Å². The molecule has 0 amide bonds. The highest BCUT2D eigenvalue weighted by molar-refractivity contribution is 9.10. The van der Waals surface area contributed by atoms with Gasteiger partial charge in [0.2, 0.25) is 0 Å². The van der Waals surface area contributed by atoms with Crippen LogP contribution in [0.1, 0.15) is 25.6 Å². The predicted molar refractivity (Wildman–Crippen MR) is 56.8 cm³/mol. The van der Waals surface area contributed by atoms with Crippen LogP contribution in [-0.4, -0.2) is 4.98 Å². The maximum absolute atomic E-state index is 5.44. The lowest BCUT2D eigenvalue weighted by Crippen LogP contribution is -2.32. The van der Waals surface area contributed by atoms with E-state index in [9.17, 15) is 0 Å². The topological polar surface area (TPSA) is 50.9 Å². The molecule has 0 saturated carbocycles. The van der Waals surface area contributed by atoms with Crippen molar-refractivity contribution in [1.82, 2.24) is 10.4 Å². The van der Waals surface area contributed by atoms with Crippen LogP contribution in [0.5, 0.6) is 0 Å². The minimum Gasteiger partial charge on any atom is -0.271 e. The molecule has 0 radical (unpaired) electrons. The second kappa shape index (κ2) is 4.69. The highest BCUT2D eigenvalue weighted by Crippen LogP contribution is 2.19. The Morgan fingerprint density at radius 3 is 2.54 bits per heavy atom. The van der Waals surface area contributed by atoms with Crippen LogP contribution in [0.2, 0.25) is 0 Å². The number of nitrogens with two attached hydrogens (primary N) is 1. The van der Waals surface area contributed by atoms with Gasteiger partial charge in [-0.15, -0.1) is 0 Å². The Hall–Kier alpha value is -0.450. The molecule has 0 fully saturated rings. The average Bonchev–Trinajstić information content (AvgIpc) is 2.09. The number of aromatic nitrogens is 1. The van der Waals surface area contributed by atoms with Crippen LogP contribution in [0, 0.1) is 5.92 Å². The van der Waals surface area contributed by atoms with Gasteiger partial charge in [-0.25, -0.2) is 0 Å². The molecule has 1 rings (SSSR count). The summed E-state index contributed by atoms with van der Waals surface area (Å²) in [5.74, 6) is 5.87. The Bertz CT molecular complexity index is 258. The molecule has 0 saturated heterocycles. The molecule has 0 aromatic carbocycles. The summed E-state index contributed by atoms with van der Waals surface area (Å²) < 4.78 is 0.982. The number of pyridine rings is 1. The van der Waals surface area contributed by atoms with Crippen molar-refractivity contribution in [2.75, 3.05) is 0 Å². The van der Waals surface area contributed by atoms with Crippen LogP contribution in [0.3, 0.4) is 0 Å². The Balaban J connectivity index is 2.86. The van der Waals surface area contributed by atoms with Gasteiger partial charge in [0.15, 0.2) is 0 Å². The van der Waals surface area contributed by atoms with Crippen LogP contribution < -0.4 is 11.3 Å². The summed E-state index contributed by atoms with van der Waals surface area (Å²) in [7, 11) is 0. The van der Waals surface area contributed by atoms with Crippen LogP contribution in [0.15, 0.2) is 22.8 Å². The first-order valence-electron chi connectivity index (χ1n) is 4.22. The van der Waals surface area contributed by atoms with Crippen LogP contribution in [-0.2, 0) is 0 Å². The molecule has 1 heterocycles. The standard InChI is InChI=1S/C9H14BrN3/c1-6(2)9(13-11)8-4-3-7(10)5-12-8/h3-6,9,13H,11H2,1-2H3. The fourth-order valence-electron chi connectivity index (χ4n) is 1.19. The summed E-state index contributed by atoms with van der Waals surface area (Å²) in [5, 5.41) is 0. The van der Waals surface area contributed by atoms with Gasteiger partial charge in [0.25, 0.3) is 0 Å². The van der Waals surface area contributed by atoms with E-state index in [0.29, 0.717) is 5.92 Å². The Morgan fingerprint density at radius 2 is 2.15 bits per heavy atom. The zero-order valence-corrected chi connectivity index (χ0v) is 9.38. The number of hydrazine groups is 1. The molecule has 0 aliphatic rings. The van der Waals surface area contributed by atoms with Crippen molar-refractivity contribution in [2.24, 2.45) is 11.8 Å². The Labute approximate surface area is 86.8 Å². The third kappa shape index (κ3) is 2.76. The van der Waals surface area contributed by atoms with E-state index in [-0.39, 0.29) is 6.04 Å². The third-order valence-corrected chi connectivity index (χ3v) is 2.38. The second-order valence-corrected chi connectivity index (χ2v) is 4.21. The van der Waals surface area contributed by atoms with Gasteiger partial charge in [-0.1, -0.05) is 13.8 Å². The molecule has 4 heteroatoms. The molecule has 3 N–H and O–H groups in total. The molecule has 1 aromatic heterocycles. The Morgan fingerprint density at radius 1 is 1.46 bits per heavy atom. The van der Waals surface area contributed by atoms with E-state index in [1.807, 2.05) is 12.1 Å². The molecule has 13 heavy (non-hydrogen) atoms. The molecule has 1 unspecified atom stereocenters. The lowest BCUT2D eigenvalue weighted by molar-refractivity contribution is 0.412. The quantitative estimate of drug-likeness (QED) is 0.631. The molecule has 72 valence electrons. The molecule has 0 bridgehead atoms. The van der Waals surface area contributed by atoms with Gasteiger partial charge in [-0.3, -0.25) is 16.3 Å². The van der Waals surface area contributed by atoms with Gasteiger partial charge >= 0.3 is 0 Å². The van der Waals surface area contributed by atoms with Crippen molar-refractivity contribution in [2.45, 2.75) is 19.9 Å². The van der Waals surface area contributed by atoms with Gasteiger partial charge in [0.1, 0.15) is 0 Å². The maximum atomic E-state index is 5.44. The number of halogens is 1. The maximum Gasteiger partial charge on any atom is 0.0655 e. The highest BCUT2D eigenvalue weighted by atomic mass is 79.9. The SMILES string of the molecule is CC(C)C(NN)c1ccc(Br)cn1. The predicted octanol–water partition coefficient (Wildman–Crippen LogP) is 2.00. The van der Waals surface area contributed by atoms with Crippen molar-refractivity contribution in [3.8, 4) is 0 Å². The molecule has 0 aliphatic heterocycles. The molecular formula is C9H14BrN3. The van der Waals surface area contributed by atoms with Crippen molar-refractivity contribution < 1.29 is 0 Å². The van der Waals surface area contributed by atoms with Crippen LogP contribution >= 0.6 is 15.9 Å². The lowest BCUT2D eigenvalue weighted by atomic mass is 10.0. The molecule has 1 atom stereocenters. The lowest BCUT2D eigenvalue weighted by Gasteiger charge is -2.18. The molecule has 0 spiro atoms. The van der Waals surface area contributed by atoms with E-state index in [2.05, 4.69) is 40.2 Å². The van der Waals surface area contributed by atoms with Gasteiger partial charge in [0.05, 0.1) is 11.7 Å². The fraction of sp³-hybridized carbons (Fsp3) is 0.444. The largest absolute Gasteiger partial charge is 0.271 e. The second-order valence-electron chi connectivity index (χ2n) is 3.29. The number of nitrogens with zero attached hydrogens (tertiary/aromatic N) is 1. The third-order valence-electron chi connectivity index (χ3n) is 1.92. The summed E-state index contributed by atoms with van der Waals surface area (Å²) in [6, 6.07) is 4.05. The number of rotatable bonds is 3. The summed E-state index contributed by atoms with van der Waals surface area (Å²) in [6.45, 7) is 4.21. The van der Waals surface area contributed by atoms with Crippen molar-refractivity contribution in [1.29, 1.82) is 0 Å². The summed E-state index contributed by atoms with van der Waals surface area (Å²) >= 11 is 3.34. The van der Waals surface area contributed by atoms with Crippen molar-refractivity contribution in [3.05, 3.63) is 28.5 Å². The Kier molecular flexibility index (Phi) is 3.84. The van der Waals surface area contributed by atoms with Crippen LogP contribution in [0.4, 0.5) is 0 Å². The first-order valence-corrected chi connectivity index (χ1v) is 5.02. The van der Waals surface area contributed by atoms with Gasteiger partial charge in [-0.05, 0) is 34.0 Å². The van der Waals surface area contributed by atoms with Crippen LogP contribution in [0.25, 0.3) is 0 Å². The number of hydrogen-bond acceptors (Lipinski definition) is 3. The zero-order valence-electron chi connectivity index (χ0n) is 7.79. The first kappa shape index (κ1) is 10.6. The van der Waals surface area contributed by atoms with E-state index in [1.165, 1.54) is 0 Å². The highest BCUT2D eigenvalue weighted by Gasteiger charge is 2.14. The number of hydrogen-bond donors (Lipinski definition) is 2. The minimum absolute atomic E-state index is 0.119. The van der Waals surface area contributed by atoms with E-state index in [4.69, 9.17) is 5.84 Å². The first-order chi connectivity index (χ1) is 6.15. The summed E-state index contributed by atoms with van der Waals surface area (Å²) in [5.41, 5.74) is 3.73. The van der Waals surface area contributed by atoms with Crippen molar-refractivity contribution in [3.63, 3.8) is 0 Å². The normalized spacial score (nSPS) is 13.3. The average molecular weight is 244 g/mol. The van der Waals surface area contributed by atoms with E-state index >= 15 is 0 Å². The number of nitrogens with one attached hydrogen (secondary N) is 1. The molecular weight excluding hydrogens is 230 g/mol. The summed E-state index contributed by atoms with van der Waals surface area (Å²) in [4.78, 5) is 4.28. The van der Waals surface area contributed by atoms with Gasteiger partial charge < -0.3 is 0 Å². The summed E-state index contributed by atoms with van der Waals surface area (Å²) in [6.07, 6.45) is 1.78. The zero-order chi connectivity index (χ0) is 9.84. The molecule has 0 aliphatic carbocycles. The monoisotopic (exact) mass is 243 g/mol. The molecule has 1 aromatic rings. The van der Waals surface area contributed by atoms with E-state index < -0.39 is 0 Å². The van der Waals surface area contributed by atoms with Crippen molar-refractivity contribution >= 4 is 15.9 Å².